The Hall–Kier alpha value is -1.59. The van der Waals surface area contributed by atoms with Crippen LogP contribution in [0.25, 0.3) is 0 Å². The molecule has 1 unspecified atom stereocenters. The Bertz CT molecular complexity index is 458. The van der Waals surface area contributed by atoms with E-state index >= 15 is 0 Å². The highest BCUT2D eigenvalue weighted by molar-refractivity contribution is 5.73. The largest absolute Gasteiger partial charge is 0.480 e. The van der Waals surface area contributed by atoms with E-state index in [0.29, 0.717) is 6.42 Å². The van der Waals surface area contributed by atoms with E-state index in [1.807, 2.05) is 24.9 Å². The first kappa shape index (κ1) is 16.8. The Labute approximate surface area is 133 Å². The van der Waals surface area contributed by atoms with E-state index < -0.39 is 5.97 Å². The Morgan fingerprint density at radius 1 is 1.23 bits per heavy atom. The van der Waals surface area contributed by atoms with Crippen LogP contribution >= 0.6 is 0 Å². The molecule has 0 bridgehead atoms. The van der Waals surface area contributed by atoms with Crippen molar-refractivity contribution in [2.45, 2.75) is 19.4 Å². The molecule has 0 aromatic heterocycles. The molecule has 5 heteroatoms. The number of aliphatic carboxylic acids is 1. The quantitative estimate of drug-likeness (QED) is 0.829. The summed E-state index contributed by atoms with van der Waals surface area (Å²) in [4.78, 5) is 17.9. The normalized spacial score (nSPS) is 17.7. The number of likely N-dealkylation sites (N-methyl/N-ethyl adjacent to an activating group) is 1. The second-order valence-electron chi connectivity index (χ2n) is 5.91. The molecule has 1 fully saturated rings. The van der Waals surface area contributed by atoms with Crippen LogP contribution in [0.1, 0.15) is 13.3 Å². The smallest absolute Gasteiger partial charge is 0.320 e. The molecule has 5 nitrogen and oxygen atoms in total. The Kier molecular flexibility index (Phi) is 6.21. The number of para-hydroxylation sites is 1. The number of carboxylic acid groups (broad SMARTS) is 1. The van der Waals surface area contributed by atoms with Crippen molar-refractivity contribution in [3.05, 3.63) is 30.3 Å². The molecule has 1 aliphatic heterocycles. The van der Waals surface area contributed by atoms with E-state index in [9.17, 15) is 9.90 Å². The minimum Gasteiger partial charge on any atom is -0.480 e. The van der Waals surface area contributed by atoms with Crippen molar-refractivity contribution in [2.24, 2.45) is 0 Å². The highest BCUT2D eigenvalue weighted by Crippen LogP contribution is 2.15. The fourth-order valence-electron chi connectivity index (χ4n) is 3.00. The number of carboxylic acids is 1. The zero-order valence-corrected chi connectivity index (χ0v) is 13.6. The van der Waals surface area contributed by atoms with Gasteiger partial charge in [0.15, 0.2) is 0 Å². The summed E-state index contributed by atoms with van der Waals surface area (Å²) in [5.74, 6) is -0.723. The summed E-state index contributed by atoms with van der Waals surface area (Å²) in [7, 11) is 1.91. The van der Waals surface area contributed by atoms with E-state index in [4.69, 9.17) is 0 Å². The van der Waals surface area contributed by atoms with Gasteiger partial charge in [0.25, 0.3) is 0 Å². The summed E-state index contributed by atoms with van der Waals surface area (Å²) in [6, 6.07) is 10.1. The van der Waals surface area contributed by atoms with E-state index in [2.05, 4.69) is 34.1 Å². The maximum absolute atomic E-state index is 11.2. The Balaban J connectivity index is 1.75. The number of hydrogen-bond acceptors (Lipinski definition) is 4. The molecule has 1 saturated heterocycles. The lowest BCUT2D eigenvalue weighted by molar-refractivity contribution is -0.142. The number of hydrogen-bond donors (Lipinski definition) is 1. The number of nitrogens with zero attached hydrogens (tertiary/aromatic N) is 3. The molecule has 2 rings (SSSR count). The van der Waals surface area contributed by atoms with Crippen molar-refractivity contribution in [1.29, 1.82) is 0 Å². The lowest BCUT2D eigenvalue weighted by Gasteiger charge is -2.37. The molecule has 22 heavy (non-hydrogen) atoms. The van der Waals surface area contributed by atoms with Crippen LogP contribution in [-0.2, 0) is 4.79 Å². The zero-order chi connectivity index (χ0) is 15.9. The Morgan fingerprint density at radius 3 is 2.41 bits per heavy atom. The first-order chi connectivity index (χ1) is 10.6. The second kappa shape index (κ2) is 8.15. The minimum atomic E-state index is -0.723. The monoisotopic (exact) mass is 305 g/mol. The maximum Gasteiger partial charge on any atom is 0.320 e. The van der Waals surface area contributed by atoms with Crippen LogP contribution in [0.3, 0.4) is 0 Å². The van der Waals surface area contributed by atoms with Gasteiger partial charge in [-0.1, -0.05) is 25.1 Å². The van der Waals surface area contributed by atoms with E-state index in [1.54, 1.807) is 0 Å². The number of anilines is 1. The number of benzene rings is 1. The average molecular weight is 305 g/mol. The fourth-order valence-corrected chi connectivity index (χ4v) is 3.00. The van der Waals surface area contributed by atoms with Crippen molar-refractivity contribution in [2.75, 3.05) is 51.2 Å². The van der Waals surface area contributed by atoms with E-state index in [-0.39, 0.29) is 6.04 Å². The van der Waals surface area contributed by atoms with E-state index in [1.165, 1.54) is 5.69 Å². The summed E-state index contributed by atoms with van der Waals surface area (Å²) < 4.78 is 0. The first-order valence-electron chi connectivity index (χ1n) is 8.07. The van der Waals surface area contributed by atoms with Crippen LogP contribution < -0.4 is 4.90 Å². The summed E-state index contributed by atoms with van der Waals surface area (Å²) in [6.07, 6.45) is 0.646. The van der Waals surface area contributed by atoms with Gasteiger partial charge in [0.05, 0.1) is 0 Å². The maximum atomic E-state index is 11.2. The predicted octanol–water partition coefficient (Wildman–Crippen LogP) is 1.60. The molecular formula is C17H27N3O2. The van der Waals surface area contributed by atoms with Crippen molar-refractivity contribution < 1.29 is 9.90 Å². The number of carbonyl (C=O) groups is 1. The molecule has 0 aliphatic carbocycles. The first-order valence-corrected chi connectivity index (χ1v) is 8.07. The summed E-state index contributed by atoms with van der Waals surface area (Å²) in [6.45, 7) is 7.79. The standard InChI is InChI=1S/C17H27N3O2/c1-3-16(17(21)22)18(2)9-10-19-11-13-20(14-12-19)15-7-5-4-6-8-15/h4-8,16H,3,9-14H2,1-2H3,(H,21,22). The predicted molar refractivity (Wildman–Crippen MR) is 89.4 cm³/mol. The molecular weight excluding hydrogens is 278 g/mol. The highest BCUT2D eigenvalue weighted by Gasteiger charge is 2.22. The van der Waals surface area contributed by atoms with Gasteiger partial charge < -0.3 is 10.0 Å². The van der Waals surface area contributed by atoms with Crippen molar-refractivity contribution >= 4 is 11.7 Å². The molecule has 1 heterocycles. The molecule has 0 radical (unpaired) electrons. The molecule has 1 aromatic rings. The highest BCUT2D eigenvalue weighted by atomic mass is 16.4. The SMILES string of the molecule is CCC(C(=O)O)N(C)CCN1CCN(c2ccccc2)CC1. The van der Waals surface area contributed by atoms with Gasteiger partial charge in [0.1, 0.15) is 6.04 Å². The average Bonchev–Trinajstić information content (AvgIpc) is 2.54. The lowest BCUT2D eigenvalue weighted by atomic mass is 10.2. The van der Waals surface area contributed by atoms with E-state index in [0.717, 1.165) is 39.3 Å². The minimum absolute atomic E-state index is 0.370. The molecule has 0 saturated carbocycles. The summed E-state index contributed by atoms with van der Waals surface area (Å²) in [5.41, 5.74) is 1.29. The van der Waals surface area contributed by atoms with Crippen molar-refractivity contribution in [3.63, 3.8) is 0 Å². The van der Waals surface area contributed by atoms with Gasteiger partial charge in [0, 0.05) is 45.0 Å². The van der Waals surface area contributed by atoms with Gasteiger partial charge in [-0.15, -0.1) is 0 Å². The lowest BCUT2D eigenvalue weighted by Crippen LogP contribution is -2.49. The Morgan fingerprint density at radius 2 is 1.86 bits per heavy atom. The third-order valence-corrected chi connectivity index (χ3v) is 4.47. The summed E-state index contributed by atoms with van der Waals surface area (Å²) in [5, 5.41) is 9.18. The van der Waals surface area contributed by atoms with Crippen LogP contribution in [0.4, 0.5) is 5.69 Å². The van der Waals surface area contributed by atoms with Crippen LogP contribution in [0.2, 0.25) is 0 Å². The third kappa shape index (κ3) is 4.45. The van der Waals surface area contributed by atoms with Crippen LogP contribution in [0.15, 0.2) is 30.3 Å². The number of rotatable bonds is 7. The summed E-state index contributed by atoms with van der Waals surface area (Å²) >= 11 is 0. The zero-order valence-electron chi connectivity index (χ0n) is 13.6. The van der Waals surface area contributed by atoms with Crippen molar-refractivity contribution in [3.8, 4) is 0 Å². The molecule has 1 atom stereocenters. The molecule has 0 spiro atoms. The molecule has 1 aromatic carbocycles. The van der Waals surface area contributed by atoms with Gasteiger partial charge in [0.2, 0.25) is 0 Å². The fraction of sp³-hybridized carbons (Fsp3) is 0.588. The molecule has 1 N–H and O–H groups in total. The molecule has 1 aliphatic rings. The van der Waals surface area contributed by atoms with Crippen LogP contribution in [0, 0.1) is 0 Å². The van der Waals surface area contributed by atoms with Gasteiger partial charge in [-0.05, 0) is 25.6 Å². The molecule has 122 valence electrons. The van der Waals surface area contributed by atoms with Gasteiger partial charge in [-0.3, -0.25) is 14.6 Å². The second-order valence-corrected chi connectivity index (χ2v) is 5.91. The van der Waals surface area contributed by atoms with Gasteiger partial charge >= 0.3 is 5.97 Å². The molecule has 0 amide bonds. The van der Waals surface area contributed by atoms with Gasteiger partial charge in [-0.25, -0.2) is 0 Å². The number of piperazine rings is 1. The van der Waals surface area contributed by atoms with Crippen LogP contribution in [-0.4, -0.2) is 73.2 Å². The van der Waals surface area contributed by atoms with Crippen molar-refractivity contribution in [1.82, 2.24) is 9.80 Å². The topological polar surface area (TPSA) is 47.0 Å². The van der Waals surface area contributed by atoms with Crippen LogP contribution in [0.5, 0.6) is 0 Å². The van der Waals surface area contributed by atoms with Gasteiger partial charge in [-0.2, -0.15) is 0 Å². The third-order valence-electron chi connectivity index (χ3n) is 4.47.